The van der Waals surface area contributed by atoms with E-state index in [0.29, 0.717) is 18.0 Å². The summed E-state index contributed by atoms with van der Waals surface area (Å²) >= 11 is 1.35. The van der Waals surface area contributed by atoms with Crippen molar-refractivity contribution in [3.05, 3.63) is 66.5 Å². The van der Waals surface area contributed by atoms with Crippen LogP contribution in [0.3, 0.4) is 0 Å². The molecule has 0 aliphatic carbocycles. The van der Waals surface area contributed by atoms with Gasteiger partial charge >= 0.3 is 0 Å². The molecule has 5 rings (SSSR count). The number of rotatable bonds is 4. The number of carbonyl (C=O) groups excluding carboxylic acids is 1. The lowest BCUT2D eigenvalue weighted by molar-refractivity contribution is -0.119. The predicted molar refractivity (Wildman–Crippen MR) is 119 cm³/mol. The minimum absolute atomic E-state index is 0.0277. The largest absolute Gasteiger partial charge is 0.301 e. The Labute approximate surface area is 182 Å². The van der Waals surface area contributed by atoms with Crippen LogP contribution < -0.4 is 5.32 Å². The van der Waals surface area contributed by atoms with E-state index in [2.05, 4.69) is 10.3 Å². The highest BCUT2D eigenvalue weighted by Gasteiger charge is 2.39. The zero-order valence-corrected chi connectivity index (χ0v) is 17.9. The van der Waals surface area contributed by atoms with Gasteiger partial charge < -0.3 is 5.32 Å². The van der Waals surface area contributed by atoms with Crippen molar-refractivity contribution >= 4 is 53.4 Å². The van der Waals surface area contributed by atoms with Gasteiger partial charge in [-0.1, -0.05) is 41.7 Å². The first-order valence-corrected chi connectivity index (χ1v) is 12.1. The molecule has 3 aromatic carbocycles. The van der Waals surface area contributed by atoms with Crippen molar-refractivity contribution in [2.45, 2.75) is 23.8 Å². The number of halogens is 1. The summed E-state index contributed by atoms with van der Waals surface area (Å²) in [7, 11) is -3.91. The zero-order valence-electron chi connectivity index (χ0n) is 16.3. The summed E-state index contributed by atoms with van der Waals surface area (Å²) in [4.78, 5) is 17.5. The van der Waals surface area contributed by atoms with Crippen LogP contribution in [0.4, 0.5) is 9.52 Å². The van der Waals surface area contributed by atoms with Gasteiger partial charge in [0, 0.05) is 11.9 Å². The molecule has 2 heterocycles. The van der Waals surface area contributed by atoms with Crippen LogP contribution in [0.5, 0.6) is 0 Å². The summed E-state index contributed by atoms with van der Waals surface area (Å²) in [6.07, 6.45) is 0.989. The van der Waals surface area contributed by atoms with E-state index >= 15 is 0 Å². The van der Waals surface area contributed by atoms with Crippen LogP contribution in [-0.4, -0.2) is 36.2 Å². The number of benzene rings is 3. The number of sulfonamides is 1. The molecule has 1 atom stereocenters. The number of thiazole rings is 1. The van der Waals surface area contributed by atoms with Crippen LogP contribution in [0.15, 0.2) is 65.6 Å². The standard InChI is InChI=1S/C22H18FN3O3S2/c23-15-8-10-16(11-9-15)31(28,29)26-13-3-6-18(26)21(27)25-22-24-20-17-5-2-1-4-14(17)7-12-19(20)30-22/h1-2,4-5,7-12,18H,3,6,13H2,(H,24,25,27). The van der Waals surface area contributed by atoms with E-state index in [-0.39, 0.29) is 11.4 Å². The van der Waals surface area contributed by atoms with Crippen molar-refractivity contribution < 1.29 is 17.6 Å². The Bertz CT molecular complexity index is 1400. The molecule has 4 aromatic rings. The van der Waals surface area contributed by atoms with Gasteiger partial charge in [-0.3, -0.25) is 4.79 Å². The van der Waals surface area contributed by atoms with E-state index in [9.17, 15) is 17.6 Å². The number of nitrogens with one attached hydrogen (secondary N) is 1. The van der Waals surface area contributed by atoms with Gasteiger partial charge in [0.1, 0.15) is 11.9 Å². The van der Waals surface area contributed by atoms with Crippen LogP contribution >= 0.6 is 11.3 Å². The van der Waals surface area contributed by atoms with Crippen molar-refractivity contribution in [2.75, 3.05) is 11.9 Å². The second kappa shape index (κ2) is 7.67. The summed E-state index contributed by atoms with van der Waals surface area (Å²) in [6.45, 7) is 0.238. The maximum atomic E-state index is 13.2. The zero-order chi connectivity index (χ0) is 21.6. The van der Waals surface area contributed by atoms with Crippen LogP contribution in [0.25, 0.3) is 21.0 Å². The first kappa shape index (κ1) is 20.0. The van der Waals surface area contributed by atoms with Crippen LogP contribution in [-0.2, 0) is 14.8 Å². The normalized spacial score (nSPS) is 17.4. The molecule has 1 aliphatic rings. The fraction of sp³-hybridized carbons (Fsp3) is 0.182. The van der Waals surface area contributed by atoms with Crippen molar-refractivity contribution in [1.29, 1.82) is 0 Å². The van der Waals surface area contributed by atoms with Crippen LogP contribution in [0.2, 0.25) is 0 Å². The Hall–Kier alpha value is -2.88. The Morgan fingerprint density at radius 3 is 2.68 bits per heavy atom. The molecule has 9 heteroatoms. The second-order valence-electron chi connectivity index (χ2n) is 7.37. The van der Waals surface area contributed by atoms with Crippen LogP contribution in [0.1, 0.15) is 12.8 Å². The van der Waals surface area contributed by atoms with Gasteiger partial charge in [0.15, 0.2) is 5.13 Å². The maximum Gasteiger partial charge on any atom is 0.244 e. The molecule has 1 N–H and O–H groups in total. The molecule has 158 valence electrons. The average molecular weight is 456 g/mol. The van der Waals surface area contributed by atoms with Gasteiger partial charge in [-0.05, 0) is 48.6 Å². The monoisotopic (exact) mass is 455 g/mol. The fourth-order valence-corrected chi connectivity index (χ4v) is 6.48. The summed E-state index contributed by atoms with van der Waals surface area (Å²) in [5.41, 5.74) is 0.806. The lowest BCUT2D eigenvalue weighted by atomic mass is 10.1. The number of nitrogens with zero attached hydrogens (tertiary/aromatic N) is 2. The highest BCUT2D eigenvalue weighted by molar-refractivity contribution is 7.89. The lowest BCUT2D eigenvalue weighted by Crippen LogP contribution is -2.43. The molecular weight excluding hydrogens is 437 g/mol. The smallest absolute Gasteiger partial charge is 0.244 e. The summed E-state index contributed by atoms with van der Waals surface area (Å²) in [5, 5.41) is 5.29. The first-order valence-electron chi connectivity index (χ1n) is 9.80. The van der Waals surface area contributed by atoms with Crippen molar-refractivity contribution in [3.63, 3.8) is 0 Å². The Kier molecular flexibility index (Phi) is 4.96. The number of carbonyl (C=O) groups is 1. The summed E-state index contributed by atoms with van der Waals surface area (Å²) in [5.74, 6) is -0.926. The van der Waals surface area contributed by atoms with Gasteiger partial charge in [-0.25, -0.2) is 17.8 Å². The van der Waals surface area contributed by atoms with Gasteiger partial charge in [0.05, 0.1) is 15.1 Å². The molecule has 0 radical (unpaired) electrons. The molecule has 1 aliphatic heterocycles. The molecule has 6 nitrogen and oxygen atoms in total. The molecule has 0 bridgehead atoms. The molecule has 31 heavy (non-hydrogen) atoms. The average Bonchev–Trinajstić information content (AvgIpc) is 3.41. The van der Waals surface area contributed by atoms with Gasteiger partial charge in [0.2, 0.25) is 15.9 Å². The van der Waals surface area contributed by atoms with Crippen molar-refractivity contribution in [1.82, 2.24) is 9.29 Å². The van der Waals surface area contributed by atoms with E-state index in [0.717, 1.165) is 33.1 Å². The van der Waals surface area contributed by atoms with Crippen LogP contribution in [0, 0.1) is 5.82 Å². The summed E-state index contributed by atoms with van der Waals surface area (Å²) in [6, 6.07) is 15.7. The van der Waals surface area contributed by atoms with Gasteiger partial charge in [-0.15, -0.1) is 0 Å². The Morgan fingerprint density at radius 2 is 1.87 bits per heavy atom. The fourth-order valence-electron chi connectivity index (χ4n) is 3.94. The quantitative estimate of drug-likeness (QED) is 0.495. The topological polar surface area (TPSA) is 79.4 Å². The SMILES string of the molecule is O=C(Nc1nc2c(ccc3ccccc32)s1)C1CCCN1S(=O)(=O)c1ccc(F)cc1. The Morgan fingerprint density at radius 1 is 1.10 bits per heavy atom. The minimum Gasteiger partial charge on any atom is -0.301 e. The van der Waals surface area contributed by atoms with Gasteiger partial charge in [-0.2, -0.15) is 4.31 Å². The van der Waals surface area contributed by atoms with E-state index in [1.165, 1.54) is 27.8 Å². The predicted octanol–water partition coefficient (Wildman–Crippen LogP) is 4.38. The third-order valence-electron chi connectivity index (χ3n) is 5.44. The lowest BCUT2D eigenvalue weighted by Gasteiger charge is -2.23. The highest BCUT2D eigenvalue weighted by Crippen LogP contribution is 2.33. The van der Waals surface area contributed by atoms with E-state index < -0.39 is 27.8 Å². The molecular formula is C22H18FN3O3S2. The van der Waals surface area contributed by atoms with E-state index in [4.69, 9.17) is 0 Å². The first-order chi connectivity index (χ1) is 14.9. The molecule has 1 amide bonds. The number of hydrogen-bond acceptors (Lipinski definition) is 5. The van der Waals surface area contributed by atoms with Gasteiger partial charge in [0.25, 0.3) is 0 Å². The molecule has 1 aromatic heterocycles. The third kappa shape index (κ3) is 3.58. The number of amides is 1. The highest BCUT2D eigenvalue weighted by atomic mass is 32.2. The van der Waals surface area contributed by atoms with Crippen molar-refractivity contribution in [2.24, 2.45) is 0 Å². The van der Waals surface area contributed by atoms with E-state index in [1.54, 1.807) is 0 Å². The minimum atomic E-state index is -3.91. The molecule has 1 unspecified atom stereocenters. The maximum absolute atomic E-state index is 13.2. The number of aromatic nitrogens is 1. The summed E-state index contributed by atoms with van der Waals surface area (Å²) < 4.78 is 41.4. The number of hydrogen-bond donors (Lipinski definition) is 1. The van der Waals surface area contributed by atoms with E-state index in [1.807, 2.05) is 36.4 Å². The number of anilines is 1. The Balaban J connectivity index is 1.42. The second-order valence-corrected chi connectivity index (χ2v) is 10.3. The molecule has 0 saturated carbocycles. The van der Waals surface area contributed by atoms with Crippen molar-refractivity contribution in [3.8, 4) is 0 Å². The number of fused-ring (bicyclic) bond motifs is 3. The molecule has 1 fully saturated rings. The third-order valence-corrected chi connectivity index (χ3v) is 8.30. The molecule has 1 saturated heterocycles. The molecule has 0 spiro atoms.